The summed E-state index contributed by atoms with van der Waals surface area (Å²) in [6, 6.07) is 8.94. The summed E-state index contributed by atoms with van der Waals surface area (Å²) in [5.74, 6) is -0.0180. The molecule has 0 N–H and O–H groups in total. The van der Waals surface area contributed by atoms with Gasteiger partial charge in [0.1, 0.15) is 0 Å². The first kappa shape index (κ1) is 17.1. The molecule has 0 radical (unpaired) electrons. The highest BCUT2D eigenvalue weighted by atomic mass is 32.1. The van der Waals surface area contributed by atoms with Crippen molar-refractivity contribution in [2.75, 3.05) is 25.5 Å². The predicted octanol–water partition coefficient (Wildman–Crippen LogP) is 1.88. The van der Waals surface area contributed by atoms with Gasteiger partial charge in [-0.2, -0.15) is 4.52 Å². The first-order valence-electron chi connectivity index (χ1n) is 7.90. The van der Waals surface area contributed by atoms with E-state index < -0.39 is 0 Å². The summed E-state index contributed by atoms with van der Waals surface area (Å²) in [5, 5.41) is 5.12. The Morgan fingerprint density at radius 3 is 2.52 bits per heavy atom. The monoisotopic (exact) mass is 357 g/mol. The van der Waals surface area contributed by atoms with E-state index in [1.54, 1.807) is 19.0 Å². The van der Waals surface area contributed by atoms with E-state index in [9.17, 15) is 9.59 Å². The van der Waals surface area contributed by atoms with Crippen molar-refractivity contribution in [3.63, 3.8) is 0 Å². The molecular formula is C17H19N5O2S. The molecule has 0 fully saturated rings. The molecule has 2 heterocycles. The van der Waals surface area contributed by atoms with Gasteiger partial charge in [-0.15, -0.1) is 5.10 Å². The molecule has 7 nitrogen and oxygen atoms in total. The van der Waals surface area contributed by atoms with E-state index in [0.717, 1.165) is 17.2 Å². The maximum Gasteiger partial charge on any atom is 0.275 e. The maximum atomic E-state index is 12.0. The van der Waals surface area contributed by atoms with Gasteiger partial charge in [0, 0.05) is 45.0 Å². The lowest BCUT2D eigenvalue weighted by atomic mass is 10.1. The van der Waals surface area contributed by atoms with Crippen molar-refractivity contribution < 1.29 is 4.79 Å². The zero-order valence-corrected chi connectivity index (χ0v) is 15.2. The highest BCUT2D eigenvalue weighted by Crippen LogP contribution is 2.22. The van der Waals surface area contributed by atoms with E-state index in [1.807, 2.05) is 31.2 Å². The Labute approximate surface area is 149 Å². The van der Waals surface area contributed by atoms with Crippen molar-refractivity contribution in [2.45, 2.75) is 13.5 Å². The fourth-order valence-electron chi connectivity index (χ4n) is 2.41. The molecule has 0 aliphatic heterocycles. The Morgan fingerprint density at radius 1 is 1.20 bits per heavy atom. The van der Waals surface area contributed by atoms with Gasteiger partial charge < -0.3 is 9.80 Å². The standard InChI is InChI=1S/C17H19N5O2S/c1-4-21(17-19-22-14(23)9-10-18-16(22)25-17)11-12-5-7-13(8-6-12)15(24)20(2)3/h5-10H,4,11H2,1-3H3. The zero-order valence-electron chi connectivity index (χ0n) is 14.3. The third-order valence-corrected chi connectivity index (χ3v) is 4.78. The van der Waals surface area contributed by atoms with E-state index in [4.69, 9.17) is 0 Å². The van der Waals surface area contributed by atoms with Crippen LogP contribution >= 0.6 is 11.3 Å². The van der Waals surface area contributed by atoms with Crippen molar-refractivity contribution in [2.24, 2.45) is 0 Å². The topological polar surface area (TPSA) is 70.8 Å². The Kier molecular flexibility index (Phi) is 4.80. The summed E-state index contributed by atoms with van der Waals surface area (Å²) in [6.07, 6.45) is 1.50. The van der Waals surface area contributed by atoms with Crippen molar-refractivity contribution >= 4 is 27.3 Å². The first-order valence-corrected chi connectivity index (χ1v) is 8.71. The van der Waals surface area contributed by atoms with Crippen molar-refractivity contribution in [1.82, 2.24) is 19.5 Å². The fourth-order valence-corrected chi connectivity index (χ4v) is 3.35. The highest BCUT2D eigenvalue weighted by Gasteiger charge is 2.14. The molecule has 0 saturated heterocycles. The average Bonchev–Trinajstić information content (AvgIpc) is 3.05. The molecule has 0 spiro atoms. The lowest BCUT2D eigenvalue weighted by molar-refractivity contribution is 0.0827. The summed E-state index contributed by atoms with van der Waals surface area (Å²) < 4.78 is 1.32. The lowest BCUT2D eigenvalue weighted by Crippen LogP contribution is -2.23. The third-order valence-electron chi connectivity index (χ3n) is 3.79. The Bertz CT molecular complexity index is 946. The van der Waals surface area contributed by atoms with Crippen LogP contribution in [0, 0.1) is 0 Å². The number of nitrogens with zero attached hydrogens (tertiary/aromatic N) is 5. The van der Waals surface area contributed by atoms with Gasteiger partial charge >= 0.3 is 0 Å². The zero-order chi connectivity index (χ0) is 18.0. The number of benzene rings is 1. The molecule has 0 atom stereocenters. The predicted molar refractivity (Wildman–Crippen MR) is 98.3 cm³/mol. The van der Waals surface area contributed by atoms with Gasteiger partial charge in [0.2, 0.25) is 10.1 Å². The van der Waals surface area contributed by atoms with Crippen molar-refractivity contribution in [3.05, 3.63) is 58.0 Å². The van der Waals surface area contributed by atoms with Crippen LogP contribution in [0.4, 0.5) is 5.13 Å². The van der Waals surface area contributed by atoms with Crippen LogP contribution in [0.2, 0.25) is 0 Å². The van der Waals surface area contributed by atoms with Crippen LogP contribution in [-0.2, 0) is 6.54 Å². The highest BCUT2D eigenvalue weighted by molar-refractivity contribution is 7.20. The van der Waals surface area contributed by atoms with Crippen molar-refractivity contribution in [1.29, 1.82) is 0 Å². The van der Waals surface area contributed by atoms with E-state index >= 15 is 0 Å². The molecule has 0 aliphatic rings. The number of hydrogen-bond acceptors (Lipinski definition) is 6. The number of hydrogen-bond donors (Lipinski definition) is 0. The largest absolute Gasteiger partial charge is 0.345 e. The van der Waals surface area contributed by atoms with E-state index in [2.05, 4.69) is 15.0 Å². The molecule has 3 aromatic rings. The van der Waals surface area contributed by atoms with Crippen LogP contribution in [0.1, 0.15) is 22.8 Å². The van der Waals surface area contributed by atoms with Crippen LogP contribution < -0.4 is 10.5 Å². The van der Waals surface area contributed by atoms with Gasteiger partial charge in [-0.3, -0.25) is 9.59 Å². The molecule has 0 aliphatic carbocycles. The second-order valence-corrected chi connectivity index (χ2v) is 6.71. The SMILES string of the molecule is CCN(Cc1ccc(C(=O)N(C)C)cc1)c1nn2c(=O)ccnc2s1. The molecule has 130 valence electrons. The number of rotatable bonds is 5. The van der Waals surface area contributed by atoms with E-state index in [-0.39, 0.29) is 11.5 Å². The number of aromatic nitrogens is 3. The van der Waals surface area contributed by atoms with E-state index in [0.29, 0.717) is 17.1 Å². The molecule has 25 heavy (non-hydrogen) atoms. The van der Waals surface area contributed by atoms with Gasteiger partial charge in [0.05, 0.1) is 0 Å². The minimum atomic E-state index is -0.185. The lowest BCUT2D eigenvalue weighted by Gasteiger charge is -2.19. The molecule has 0 saturated carbocycles. The van der Waals surface area contributed by atoms with Gasteiger partial charge in [-0.25, -0.2) is 4.98 Å². The van der Waals surface area contributed by atoms with Crippen LogP contribution in [0.5, 0.6) is 0 Å². The smallest absolute Gasteiger partial charge is 0.275 e. The summed E-state index contributed by atoms with van der Waals surface area (Å²) in [7, 11) is 3.47. The van der Waals surface area contributed by atoms with Gasteiger partial charge in [0.25, 0.3) is 11.5 Å². The molecule has 0 unspecified atom stereocenters. The Balaban J connectivity index is 1.83. The normalized spacial score (nSPS) is 10.8. The van der Waals surface area contributed by atoms with Crippen LogP contribution in [0.25, 0.3) is 4.96 Å². The number of carbonyl (C=O) groups excluding carboxylic acids is 1. The van der Waals surface area contributed by atoms with Crippen LogP contribution in [-0.4, -0.2) is 46.0 Å². The second-order valence-electron chi connectivity index (χ2n) is 5.77. The van der Waals surface area contributed by atoms with Crippen molar-refractivity contribution in [3.8, 4) is 0 Å². The molecule has 3 rings (SSSR count). The molecule has 1 aromatic carbocycles. The molecule has 1 amide bonds. The Morgan fingerprint density at radius 2 is 1.92 bits per heavy atom. The van der Waals surface area contributed by atoms with E-state index in [1.165, 1.54) is 28.1 Å². The van der Waals surface area contributed by atoms with Crippen LogP contribution in [0.15, 0.2) is 41.3 Å². The van der Waals surface area contributed by atoms with Gasteiger partial charge in [-0.05, 0) is 24.6 Å². The summed E-state index contributed by atoms with van der Waals surface area (Å²) >= 11 is 1.38. The molecule has 8 heteroatoms. The number of anilines is 1. The average molecular weight is 357 g/mol. The third kappa shape index (κ3) is 3.53. The second kappa shape index (κ2) is 7.02. The quantitative estimate of drug-likeness (QED) is 0.697. The molecule has 0 bridgehead atoms. The summed E-state index contributed by atoms with van der Waals surface area (Å²) in [4.78, 5) is 32.2. The number of amides is 1. The van der Waals surface area contributed by atoms with Crippen LogP contribution in [0.3, 0.4) is 0 Å². The first-order chi connectivity index (χ1) is 12.0. The number of fused-ring (bicyclic) bond motifs is 1. The van der Waals surface area contributed by atoms with Gasteiger partial charge in [-0.1, -0.05) is 23.5 Å². The number of carbonyl (C=O) groups is 1. The minimum Gasteiger partial charge on any atom is -0.345 e. The maximum absolute atomic E-state index is 12.0. The molecular weight excluding hydrogens is 338 g/mol. The fraction of sp³-hybridized carbons (Fsp3) is 0.294. The van der Waals surface area contributed by atoms with Gasteiger partial charge in [0.15, 0.2) is 0 Å². The summed E-state index contributed by atoms with van der Waals surface area (Å²) in [5.41, 5.74) is 1.54. The summed E-state index contributed by atoms with van der Waals surface area (Å²) in [6.45, 7) is 3.42. The molecule has 2 aromatic heterocycles. The minimum absolute atomic E-state index is 0.0180. The Hall–Kier alpha value is -2.74.